The molecule has 0 saturated carbocycles. The average Bonchev–Trinajstić information content (AvgIpc) is 2.32. The van der Waals surface area contributed by atoms with E-state index in [2.05, 4.69) is 9.97 Å². The van der Waals surface area contributed by atoms with Crippen molar-refractivity contribution in [2.75, 3.05) is 0 Å². The summed E-state index contributed by atoms with van der Waals surface area (Å²) in [6.45, 7) is 2.00. The molecule has 0 spiro atoms. The normalized spacial score (nSPS) is 10.2. The Labute approximate surface area is 103 Å². The molecule has 0 saturated heterocycles. The van der Waals surface area contributed by atoms with Gasteiger partial charge in [-0.3, -0.25) is 4.98 Å². The lowest BCUT2D eigenvalue weighted by atomic mass is 10.2. The highest BCUT2D eigenvalue weighted by Crippen LogP contribution is 2.28. The molecule has 1 aromatic heterocycles. The first-order chi connectivity index (χ1) is 8.16. The Balaban J connectivity index is 2.28. The van der Waals surface area contributed by atoms with Crippen molar-refractivity contribution >= 4 is 17.7 Å². The first kappa shape index (κ1) is 11.6. The zero-order valence-electron chi connectivity index (χ0n) is 9.12. The monoisotopic (exact) mass is 246 g/mol. The first-order valence-electron chi connectivity index (χ1n) is 4.95. The molecular formula is C12H10N2O2S. The zero-order chi connectivity index (χ0) is 12.3. The number of aromatic nitrogens is 2. The number of rotatable bonds is 3. The number of hydrogen-bond donors (Lipinski definition) is 1. The van der Waals surface area contributed by atoms with E-state index >= 15 is 0 Å². The Morgan fingerprint density at radius 2 is 2.06 bits per heavy atom. The maximum absolute atomic E-state index is 10.8. The van der Waals surface area contributed by atoms with Crippen LogP contribution in [0.15, 0.2) is 46.6 Å². The van der Waals surface area contributed by atoms with E-state index < -0.39 is 5.97 Å². The minimum Gasteiger partial charge on any atom is -0.476 e. The number of benzene rings is 1. The number of aromatic carboxylic acids is 1. The van der Waals surface area contributed by atoms with Crippen LogP contribution < -0.4 is 0 Å². The molecule has 0 aliphatic heterocycles. The van der Waals surface area contributed by atoms with Crippen molar-refractivity contribution in [2.45, 2.75) is 16.8 Å². The summed E-state index contributed by atoms with van der Waals surface area (Å²) in [7, 11) is 0. The summed E-state index contributed by atoms with van der Waals surface area (Å²) in [4.78, 5) is 19.7. The molecular weight excluding hydrogens is 236 g/mol. The standard InChI is InChI=1S/C12H10N2O2S/c1-8-4-2-3-5-10(8)17-11-7-13-6-9(14-11)12(15)16/h2-7H,1H3,(H,15,16). The maximum Gasteiger partial charge on any atom is 0.356 e. The third-order valence-electron chi connectivity index (χ3n) is 2.14. The molecule has 1 aromatic carbocycles. The molecule has 1 N–H and O–H groups in total. The number of carboxylic acids is 1. The van der Waals surface area contributed by atoms with Gasteiger partial charge in [-0.15, -0.1) is 0 Å². The molecule has 5 heteroatoms. The van der Waals surface area contributed by atoms with E-state index in [-0.39, 0.29) is 5.69 Å². The summed E-state index contributed by atoms with van der Waals surface area (Å²) < 4.78 is 0. The Bertz CT molecular complexity index is 558. The molecule has 0 aliphatic rings. The summed E-state index contributed by atoms with van der Waals surface area (Å²) in [5.74, 6) is -1.07. The van der Waals surface area contributed by atoms with Gasteiger partial charge in [0, 0.05) is 4.90 Å². The lowest BCUT2D eigenvalue weighted by Gasteiger charge is -2.04. The lowest BCUT2D eigenvalue weighted by molar-refractivity contribution is 0.0689. The fourth-order valence-corrected chi connectivity index (χ4v) is 2.14. The van der Waals surface area contributed by atoms with Gasteiger partial charge in [-0.1, -0.05) is 30.0 Å². The smallest absolute Gasteiger partial charge is 0.356 e. The van der Waals surface area contributed by atoms with Crippen molar-refractivity contribution in [3.8, 4) is 0 Å². The summed E-state index contributed by atoms with van der Waals surface area (Å²) in [6, 6.07) is 7.86. The number of carboxylic acid groups (broad SMARTS) is 1. The van der Waals surface area contributed by atoms with E-state index in [0.717, 1.165) is 10.5 Å². The van der Waals surface area contributed by atoms with Gasteiger partial charge < -0.3 is 5.11 Å². The van der Waals surface area contributed by atoms with Crippen LogP contribution in [0, 0.1) is 6.92 Å². The summed E-state index contributed by atoms with van der Waals surface area (Å²) in [5, 5.41) is 9.40. The second-order valence-corrected chi connectivity index (χ2v) is 4.48. The minimum absolute atomic E-state index is 0.0383. The van der Waals surface area contributed by atoms with E-state index in [0.29, 0.717) is 5.03 Å². The minimum atomic E-state index is -1.07. The van der Waals surface area contributed by atoms with Gasteiger partial charge in [-0.05, 0) is 18.6 Å². The summed E-state index contributed by atoms with van der Waals surface area (Å²) >= 11 is 1.41. The largest absolute Gasteiger partial charge is 0.476 e. The molecule has 0 bridgehead atoms. The SMILES string of the molecule is Cc1ccccc1Sc1cncc(C(=O)O)n1. The van der Waals surface area contributed by atoms with Gasteiger partial charge in [-0.2, -0.15) is 0 Å². The molecule has 0 unspecified atom stereocenters. The highest BCUT2D eigenvalue weighted by atomic mass is 32.2. The molecule has 1 heterocycles. The molecule has 0 amide bonds. The fraction of sp³-hybridized carbons (Fsp3) is 0.0833. The molecule has 86 valence electrons. The molecule has 17 heavy (non-hydrogen) atoms. The van der Waals surface area contributed by atoms with E-state index in [1.165, 1.54) is 18.0 Å². The van der Waals surface area contributed by atoms with Crippen LogP contribution in [0.25, 0.3) is 0 Å². The van der Waals surface area contributed by atoms with E-state index in [1.54, 1.807) is 6.20 Å². The average molecular weight is 246 g/mol. The van der Waals surface area contributed by atoms with Crippen LogP contribution in [-0.4, -0.2) is 21.0 Å². The molecule has 4 nitrogen and oxygen atoms in total. The molecule has 0 aliphatic carbocycles. The predicted octanol–water partition coefficient (Wildman–Crippen LogP) is 2.63. The van der Waals surface area contributed by atoms with Crippen LogP contribution in [0.2, 0.25) is 0 Å². The second-order valence-electron chi connectivity index (χ2n) is 3.42. The van der Waals surface area contributed by atoms with Crippen LogP contribution in [0.3, 0.4) is 0 Å². The van der Waals surface area contributed by atoms with Crippen LogP contribution >= 0.6 is 11.8 Å². The van der Waals surface area contributed by atoms with Gasteiger partial charge in [0.2, 0.25) is 0 Å². The van der Waals surface area contributed by atoms with Crippen molar-refractivity contribution in [1.82, 2.24) is 9.97 Å². The van der Waals surface area contributed by atoms with E-state index in [1.807, 2.05) is 31.2 Å². The number of carbonyl (C=O) groups is 1. The molecule has 0 atom stereocenters. The van der Waals surface area contributed by atoms with Crippen molar-refractivity contribution in [2.24, 2.45) is 0 Å². The van der Waals surface area contributed by atoms with Gasteiger partial charge in [0.25, 0.3) is 0 Å². The number of hydrogen-bond acceptors (Lipinski definition) is 4. The molecule has 0 radical (unpaired) electrons. The van der Waals surface area contributed by atoms with Crippen LogP contribution in [-0.2, 0) is 0 Å². The quantitative estimate of drug-likeness (QED) is 0.902. The van der Waals surface area contributed by atoms with Gasteiger partial charge in [-0.25, -0.2) is 9.78 Å². The molecule has 2 rings (SSSR count). The molecule has 0 fully saturated rings. The van der Waals surface area contributed by atoms with Crippen molar-refractivity contribution < 1.29 is 9.90 Å². The second kappa shape index (κ2) is 4.97. The zero-order valence-corrected chi connectivity index (χ0v) is 9.94. The highest BCUT2D eigenvalue weighted by Gasteiger charge is 2.07. The predicted molar refractivity (Wildman–Crippen MR) is 64.3 cm³/mol. The lowest BCUT2D eigenvalue weighted by Crippen LogP contribution is -2.01. The summed E-state index contributed by atoms with van der Waals surface area (Å²) in [6.07, 6.45) is 2.80. The van der Waals surface area contributed by atoms with E-state index in [4.69, 9.17) is 5.11 Å². The highest BCUT2D eigenvalue weighted by molar-refractivity contribution is 7.99. The van der Waals surface area contributed by atoms with Crippen LogP contribution in [0.4, 0.5) is 0 Å². The number of aryl methyl sites for hydroxylation is 1. The fourth-order valence-electron chi connectivity index (χ4n) is 1.28. The first-order valence-corrected chi connectivity index (χ1v) is 5.77. The summed E-state index contributed by atoms with van der Waals surface area (Å²) in [5.41, 5.74) is 1.09. The third-order valence-corrected chi connectivity index (χ3v) is 3.22. The van der Waals surface area contributed by atoms with Crippen LogP contribution in [0.5, 0.6) is 0 Å². The Kier molecular flexibility index (Phi) is 3.39. The van der Waals surface area contributed by atoms with Gasteiger partial charge in [0.15, 0.2) is 5.69 Å². The van der Waals surface area contributed by atoms with Gasteiger partial charge >= 0.3 is 5.97 Å². The third kappa shape index (κ3) is 2.82. The topological polar surface area (TPSA) is 63.1 Å². The van der Waals surface area contributed by atoms with Crippen molar-refractivity contribution in [3.63, 3.8) is 0 Å². The van der Waals surface area contributed by atoms with Crippen LogP contribution in [0.1, 0.15) is 16.1 Å². The maximum atomic E-state index is 10.8. The Morgan fingerprint density at radius 3 is 2.76 bits per heavy atom. The van der Waals surface area contributed by atoms with Crippen molar-refractivity contribution in [1.29, 1.82) is 0 Å². The van der Waals surface area contributed by atoms with Gasteiger partial charge in [0.1, 0.15) is 5.03 Å². The van der Waals surface area contributed by atoms with E-state index in [9.17, 15) is 4.79 Å². The molecule has 2 aromatic rings. The van der Waals surface area contributed by atoms with Gasteiger partial charge in [0.05, 0.1) is 12.4 Å². The number of nitrogens with zero attached hydrogens (tertiary/aromatic N) is 2. The Morgan fingerprint density at radius 1 is 1.29 bits per heavy atom. The Hall–Kier alpha value is -1.88. The van der Waals surface area contributed by atoms with Crippen molar-refractivity contribution in [3.05, 3.63) is 47.9 Å².